The zero-order valence-electron chi connectivity index (χ0n) is 11.1. The lowest BCUT2D eigenvalue weighted by molar-refractivity contribution is 0.415. The Labute approximate surface area is 116 Å². The minimum atomic E-state index is 0.396. The number of benzene rings is 1. The van der Waals surface area contributed by atoms with Gasteiger partial charge in [-0.05, 0) is 18.1 Å². The molecule has 1 N–H and O–H groups in total. The van der Waals surface area contributed by atoms with Crippen LogP contribution in [0.4, 0.5) is 10.8 Å². The van der Waals surface area contributed by atoms with Crippen molar-refractivity contribution in [3.05, 3.63) is 34.8 Å². The van der Waals surface area contributed by atoms with Gasteiger partial charge < -0.3 is 10.1 Å². The van der Waals surface area contributed by atoms with Crippen LogP contribution in [0.5, 0.6) is 5.75 Å². The van der Waals surface area contributed by atoms with Crippen molar-refractivity contribution in [1.29, 1.82) is 5.26 Å². The lowest BCUT2D eigenvalue weighted by Crippen LogP contribution is -1.95. The van der Waals surface area contributed by atoms with Gasteiger partial charge in [-0.1, -0.05) is 13.8 Å². The van der Waals surface area contributed by atoms with Crippen molar-refractivity contribution in [2.75, 3.05) is 12.4 Å². The van der Waals surface area contributed by atoms with Gasteiger partial charge >= 0.3 is 0 Å². The predicted octanol–water partition coefficient (Wildman–Crippen LogP) is 3.89. The molecule has 0 radical (unpaired) electrons. The number of ether oxygens (including phenoxy) is 1. The summed E-state index contributed by atoms with van der Waals surface area (Å²) in [7, 11) is 1.60. The van der Waals surface area contributed by atoms with E-state index >= 15 is 0 Å². The first-order valence-corrected chi connectivity index (χ1v) is 6.82. The molecule has 0 bridgehead atoms. The summed E-state index contributed by atoms with van der Waals surface area (Å²) in [6.45, 7) is 4.20. The van der Waals surface area contributed by atoms with Crippen molar-refractivity contribution in [2.45, 2.75) is 19.8 Å². The topological polar surface area (TPSA) is 57.9 Å². The summed E-state index contributed by atoms with van der Waals surface area (Å²) in [6.07, 6.45) is 0. The maximum atomic E-state index is 9.11. The van der Waals surface area contributed by atoms with E-state index in [0.29, 0.717) is 22.9 Å². The minimum absolute atomic E-state index is 0.396. The fourth-order valence-corrected chi connectivity index (χ4v) is 2.46. The SMILES string of the molecule is COc1ccc(C#N)c(Nc2nc(C(C)C)cs2)c1. The van der Waals surface area contributed by atoms with E-state index in [0.717, 1.165) is 10.8 Å². The standard InChI is InChI=1S/C14H15N3OS/c1-9(2)13-8-19-14(17-13)16-12-6-11(18-3)5-4-10(12)7-15/h4-6,8-9H,1-3H3,(H,16,17). The van der Waals surface area contributed by atoms with Crippen LogP contribution in [0.25, 0.3) is 0 Å². The molecule has 0 aliphatic carbocycles. The summed E-state index contributed by atoms with van der Waals surface area (Å²) in [5, 5.41) is 15.1. The van der Waals surface area contributed by atoms with Crippen LogP contribution in [0.1, 0.15) is 31.0 Å². The van der Waals surface area contributed by atoms with Gasteiger partial charge in [-0.15, -0.1) is 11.3 Å². The average molecular weight is 273 g/mol. The highest BCUT2D eigenvalue weighted by Gasteiger charge is 2.09. The Balaban J connectivity index is 2.28. The van der Waals surface area contributed by atoms with Gasteiger partial charge in [0.25, 0.3) is 0 Å². The van der Waals surface area contributed by atoms with E-state index in [4.69, 9.17) is 10.00 Å². The Morgan fingerprint density at radius 2 is 2.21 bits per heavy atom. The summed E-state index contributed by atoms with van der Waals surface area (Å²) in [4.78, 5) is 4.49. The molecule has 19 heavy (non-hydrogen) atoms. The van der Waals surface area contributed by atoms with E-state index < -0.39 is 0 Å². The van der Waals surface area contributed by atoms with E-state index in [9.17, 15) is 0 Å². The van der Waals surface area contributed by atoms with Crippen molar-refractivity contribution >= 4 is 22.2 Å². The van der Waals surface area contributed by atoms with Crippen LogP contribution >= 0.6 is 11.3 Å². The fraction of sp³-hybridized carbons (Fsp3) is 0.286. The van der Waals surface area contributed by atoms with Crippen LogP contribution in [0.15, 0.2) is 23.6 Å². The number of anilines is 2. The predicted molar refractivity (Wildman–Crippen MR) is 77.2 cm³/mol. The molecule has 5 heteroatoms. The number of aromatic nitrogens is 1. The third-order valence-corrected chi connectivity index (χ3v) is 3.48. The molecule has 0 unspecified atom stereocenters. The molecule has 0 fully saturated rings. The molecule has 4 nitrogen and oxygen atoms in total. The molecule has 0 saturated heterocycles. The molecule has 0 spiro atoms. The molecule has 0 aliphatic rings. The number of nitriles is 1. The molecule has 2 aromatic rings. The maximum absolute atomic E-state index is 9.11. The maximum Gasteiger partial charge on any atom is 0.187 e. The lowest BCUT2D eigenvalue weighted by Gasteiger charge is -2.07. The first kappa shape index (κ1) is 13.4. The Hall–Kier alpha value is -2.06. The second kappa shape index (κ2) is 5.72. The second-order valence-electron chi connectivity index (χ2n) is 4.38. The quantitative estimate of drug-likeness (QED) is 0.918. The number of methoxy groups -OCH3 is 1. The number of nitrogens with one attached hydrogen (secondary N) is 1. The van der Waals surface area contributed by atoms with Gasteiger partial charge in [-0.25, -0.2) is 4.98 Å². The van der Waals surface area contributed by atoms with Gasteiger partial charge in [0, 0.05) is 11.4 Å². The van der Waals surface area contributed by atoms with Crippen molar-refractivity contribution in [3.8, 4) is 11.8 Å². The van der Waals surface area contributed by atoms with Crippen LogP contribution in [0, 0.1) is 11.3 Å². The molecule has 2 rings (SSSR count). The zero-order valence-corrected chi connectivity index (χ0v) is 11.9. The number of rotatable bonds is 4. The van der Waals surface area contributed by atoms with Crippen LogP contribution in [0.2, 0.25) is 0 Å². The molecule has 1 aromatic carbocycles. The molecule has 1 aromatic heterocycles. The van der Waals surface area contributed by atoms with Crippen molar-refractivity contribution in [3.63, 3.8) is 0 Å². The summed E-state index contributed by atoms with van der Waals surface area (Å²) >= 11 is 1.53. The molecule has 0 saturated carbocycles. The highest BCUT2D eigenvalue weighted by Crippen LogP contribution is 2.28. The molecule has 0 amide bonds. The first-order valence-electron chi connectivity index (χ1n) is 5.94. The van der Waals surface area contributed by atoms with Crippen LogP contribution < -0.4 is 10.1 Å². The minimum Gasteiger partial charge on any atom is -0.497 e. The van der Waals surface area contributed by atoms with Gasteiger partial charge in [0.05, 0.1) is 24.1 Å². The van der Waals surface area contributed by atoms with Gasteiger partial charge in [-0.2, -0.15) is 5.26 Å². The van der Waals surface area contributed by atoms with E-state index in [1.807, 2.05) is 5.38 Å². The first-order chi connectivity index (χ1) is 9.13. The Kier molecular flexibility index (Phi) is 4.03. The number of hydrogen-bond acceptors (Lipinski definition) is 5. The normalized spacial score (nSPS) is 10.3. The van der Waals surface area contributed by atoms with Crippen molar-refractivity contribution < 1.29 is 4.74 Å². The summed E-state index contributed by atoms with van der Waals surface area (Å²) < 4.78 is 5.17. The molecule has 0 atom stereocenters. The largest absolute Gasteiger partial charge is 0.497 e. The monoisotopic (exact) mass is 273 g/mol. The summed E-state index contributed by atoms with van der Waals surface area (Å²) in [6, 6.07) is 7.46. The molecule has 98 valence electrons. The third kappa shape index (κ3) is 3.04. The molecule has 1 heterocycles. The average Bonchev–Trinajstić information content (AvgIpc) is 2.87. The number of hydrogen-bond donors (Lipinski definition) is 1. The smallest absolute Gasteiger partial charge is 0.187 e. The Morgan fingerprint density at radius 3 is 2.79 bits per heavy atom. The van der Waals surface area contributed by atoms with Gasteiger partial charge in [0.2, 0.25) is 0 Å². The molecular formula is C14H15N3OS. The number of thiazole rings is 1. The van der Waals surface area contributed by atoms with Gasteiger partial charge in [-0.3, -0.25) is 0 Å². The summed E-state index contributed by atoms with van der Waals surface area (Å²) in [5.74, 6) is 1.11. The Bertz CT molecular complexity index is 613. The van der Waals surface area contributed by atoms with Crippen LogP contribution in [-0.4, -0.2) is 12.1 Å². The van der Waals surface area contributed by atoms with E-state index in [2.05, 4.69) is 30.2 Å². The number of nitrogens with zero attached hydrogens (tertiary/aromatic N) is 2. The lowest BCUT2D eigenvalue weighted by atomic mass is 10.2. The Morgan fingerprint density at radius 1 is 1.42 bits per heavy atom. The van der Waals surface area contributed by atoms with Crippen LogP contribution in [0.3, 0.4) is 0 Å². The van der Waals surface area contributed by atoms with Gasteiger partial charge in [0.1, 0.15) is 11.8 Å². The molecular weight excluding hydrogens is 258 g/mol. The highest BCUT2D eigenvalue weighted by atomic mass is 32.1. The van der Waals surface area contributed by atoms with E-state index in [1.54, 1.807) is 25.3 Å². The van der Waals surface area contributed by atoms with E-state index in [-0.39, 0.29) is 0 Å². The second-order valence-corrected chi connectivity index (χ2v) is 5.24. The molecule has 0 aliphatic heterocycles. The van der Waals surface area contributed by atoms with Crippen molar-refractivity contribution in [1.82, 2.24) is 4.98 Å². The van der Waals surface area contributed by atoms with Crippen molar-refractivity contribution in [2.24, 2.45) is 0 Å². The van der Waals surface area contributed by atoms with Crippen LogP contribution in [-0.2, 0) is 0 Å². The highest BCUT2D eigenvalue weighted by molar-refractivity contribution is 7.13. The third-order valence-electron chi connectivity index (χ3n) is 2.70. The summed E-state index contributed by atoms with van der Waals surface area (Å²) in [5.41, 5.74) is 2.34. The fourth-order valence-electron chi connectivity index (χ4n) is 1.58. The van der Waals surface area contributed by atoms with E-state index in [1.165, 1.54) is 11.3 Å². The zero-order chi connectivity index (χ0) is 13.8. The van der Waals surface area contributed by atoms with Gasteiger partial charge in [0.15, 0.2) is 5.13 Å².